The molecule has 0 spiro atoms. The van der Waals surface area contributed by atoms with Crippen molar-refractivity contribution in [3.8, 4) is 11.8 Å². The van der Waals surface area contributed by atoms with Crippen LogP contribution in [0.25, 0.3) is 0 Å². The van der Waals surface area contributed by atoms with Crippen molar-refractivity contribution in [3.05, 3.63) is 65.7 Å². The summed E-state index contributed by atoms with van der Waals surface area (Å²) in [4.78, 5) is 24.3. The molecule has 142 valence electrons. The summed E-state index contributed by atoms with van der Waals surface area (Å²) < 4.78 is 10.5. The predicted octanol–water partition coefficient (Wildman–Crippen LogP) is 2.51. The van der Waals surface area contributed by atoms with Crippen molar-refractivity contribution in [2.45, 2.75) is 19.4 Å². The average Bonchev–Trinajstić information content (AvgIpc) is 3.23. The second-order valence-corrected chi connectivity index (χ2v) is 6.18. The van der Waals surface area contributed by atoms with E-state index < -0.39 is 18.7 Å². The Balaban J connectivity index is 1.49. The Morgan fingerprint density at radius 2 is 1.89 bits per heavy atom. The van der Waals surface area contributed by atoms with Crippen LogP contribution in [-0.2, 0) is 14.3 Å². The Labute approximate surface area is 162 Å². The zero-order valence-corrected chi connectivity index (χ0v) is 15.4. The topological polar surface area (TPSA) is 92.0 Å². The number of nitrogens with zero attached hydrogens (tertiary/aromatic N) is 3. The van der Waals surface area contributed by atoms with E-state index in [1.807, 2.05) is 36.4 Å². The molecular formula is C21H19N3O4. The van der Waals surface area contributed by atoms with E-state index in [4.69, 9.17) is 14.7 Å². The predicted molar refractivity (Wildman–Crippen MR) is 102 cm³/mol. The SMILES string of the molecule is C[C@H](Oc1ccc(C#N)cc1)C(=O)OCC(=O)N1CCC(c2ccccc2)=N1. The molecule has 2 aromatic rings. The van der Waals surface area contributed by atoms with E-state index in [0.717, 1.165) is 11.3 Å². The van der Waals surface area contributed by atoms with Gasteiger partial charge >= 0.3 is 5.97 Å². The van der Waals surface area contributed by atoms with Crippen molar-refractivity contribution >= 4 is 17.6 Å². The summed E-state index contributed by atoms with van der Waals surface area (Å²) >= 11 is 0. The zero-order valence-electron chi connectivity index (χ0n) is 15.4. The number of carbonyl (C=O) groups is 2. The van der Waals surface area contributed by atoms with Gasteiger partial charge in [-0.05, 0) is 36.8 Å². The number of amides is 1. The molecule has 0 aromatic heterocycles. The molecule has 28 heavy (non-hydrogen) atoms. The van der Waals surface area contributed by atoms with Gasteiger partial charge in [0, 0.05) is 6.42 Å². The molecule has 1 amide bonds. The van der Waals surface area contributed by atoms with E-state index in [0.29, 0.717) is 24.3 Å². The monoisotopic (exact) mass is 377 g/mol. The van der Waals surface area contributed by atoms with Crippen LogP contribution < -0.4 is 4.74 Å². The summed E-state index contributed by atoms with van der Waals surface area (Å²) in [5, 5.41) is 14.4. The lowest BCUT2D eigenvalue weighted by atomic mass is 10.1. The van der Waals surface area contributed by atoms with E-state index in [9.17, 15) is 9.59 Å². The van der Waals surface area contributed by atoms with Crippen LogP contribution in [0.1, 0.15) is 24.5 Å². The Morgan fingerprint density at radius 3 is 2.57 bits per heavy atom. The van der Waals surface area contributed by atoms with Gasteiger partial charge in [-0.3, -0.25) is 4.79 Å². The van der Waals surface area contributed by atoms with Gasteiger partial charge in [0.05, 0.1) is 23.9 Å². The maximum atomic E-state index is 12.2. The molecule has 2 aromatic carbocycles. The Bertz CT molecular complexity index is 917. The molecule has 0 saturated heterocycles. The van der Waals surface area contributed by atoms with E-state index in [1.54, 1.807) is 24.3 Å². The van der Waals surface area contributed by atoms with Crippen LogP contribution in [-0.4, -0.2) is 41.9 Å². The lowest BCUT2D eigenvalue weighted by molar-refractivity contribution is -0.157. The third kappa shape index (κ3) is 4.74. The zero-order chi connectivity index (χ0) is 19.9. The smallest absolute Gasteiger partial charge is 0.347 e. The van der Waals surface area contributed by atoms with Crippen LogP contribution in [0.4, 0.5) is 0 Å². The minimum absolute atomic E-state index is 0.384. The Morgan fingerprint density at radius 1 is 1.18 bits per heavy atom. The maximum absolute atomic E-state index is 12.2. The van der Waals surface area contributed by atoms with Gasteiger partial charge in [-0.1, -0.05) is 30.3 Å². The van der Waals surface area contributed by atoms with Gasteiger partial charge < -0.3 is 9.47 Å². The highest BCUT2D eigenvalue weighted by molar-refractivity contribution is 6.02. The third-order valence-corrected chi connectivity index (χ3v) is 4.16. The largest absolute Gasteiger partial charge is 0.479 e. The van der Waals surface area contributed by atoms with Gasteiger partial charge in [-0.15, -0.1) is 0 Å². The fraction of sp³-hybridized carbons (Fsp3) is 0.238. The summed E-state index contributed by atoms with van der Waals surface area (Å²) in [5.74, 6) is -0.597. The number of hydrogen-bond acceptors (Lipinski definition) is 6. The highest BCUT2D eigenvalue weighted by Gasteiger charge is 2.24. The van der Waals surface area contributed by atoms with Crippen molar-refractivity contribution in [2.24, 2.45) is 5.10 Å². The van der Waals surface area contributed by atoms with Gasteiger partial charge in [0.15, 0.2) is 12.7 Å². The molecular weight excluding hydrogens is 358 g/mol. The first-order valence-corrected chi connectivity index (χ1v) is 8.83. The van der Waals surface area contributed by atoms with Crippen LogP contribution in [0, 0.1) is 11.3 Å². The lowest BCUT2D eigenvalue weighted by Gasteiger charge is -2.15. The van der Waals surface area contributed by atoms with Gasteiger partial charge in [-0.25, -0.2) is 9.80 Å². The molecule has 0 saturated carbocycles. The molecule has 3 rings (SSSR count). The first-order valence-electron chi connectivity index (χ1n) is 8.83. The van der Waals surface area contributed by atoms with Crippen molar-refractivity contribution in [1.82, 2.24) is 5.01 Å². The molecule has 1 aliphatic rings. The minimum Gasteiger partial charge on any atom is -0.479 e. The highest BCUT2D eigenvalue weighted by Crippen LogP contribution is 2.15. The minimum atomic E-state index is -0.886. The fourth-order valence-corrected chi connectivity index (χ4v) is 2.66. The molecule has 0 fully saturated rings. The lowest BCUT2D eigenvalue weighted by Crippen LogP contribution is -2.32. The molecule has 0 bridgehead atoms. The number of hydrogen-bond donors (Lipinski definition) is 0. The number of ether oxygens (including phenoxy) is 2. The number of carbonyl (C=O) groups excluding carboxylic acids is 2. The van der Waals surface area contributed by atoms with Crippen molar-refractivity contribution in [3.63, 3.8) is 0 Å². The summed E-state index contributed by atoms with van der Waals surface area (Å²) in [6, 6.07) is 18.0. The highest BCUT2D eigenvalue weighted by atomic mass is 16.6. The number of hydrazone groups is 1. The first kappa shape index (κ1) is 19.1. The van der Waals surface area contributed by atoms with E-state index in [-0.39, 0.29) is 5.91 Å². The number of rotatable bonds is 6. The van der Waals surface area contributed by atoms with Gasteiger partial charge in [0.2, 0.25) is 0 Å². The quantitative estimate of drug-likeness (QED) is 0.721. The van der Waals surface area contributed by atoms with Crippen molar-refractivity contribution < 1.29 is 19.1 Å². The molecule has 1 aliphatic heterocycles. The number of nitriles is 1. The second kappa shape index (κ2) is 8.82. The summed E-state index contributed by atoms with van der Waals surface area (Å²) in [7, 11) is 0. The van der Waals surface area contributed by atoms with Crippen LogP contribution in [0.15, 0.2) is 59.7 Å². The van der Waals surface area contributed by atoms with E-state index in [1.165, 1.54) is 11.9 Å². The average molecular weight is 377 g/mol. The standard InChI is InChI=1S/C21H19N3O4/c1-15(28-18-9-7-16(13-22)8-10-18)21(26)27-14-20(25)24-12-11-19(23-24)17-5-3-2-4-6-17/h2-10,15H,11-12,14H2,1H3/t15-/m0/s1. The molecule has 7 heteroatoms. The van der Waals surface area contributed by atoms with Crippen LogP contribution >= 0.6 is 0 Å². The summed E-state index contributed by atoms with van der Waals surface area (Å²) in [6.07, 6.45) is -0.232. The molecule has 0 unspecified atom stereocenters. The Kier molecular flexibility index (Phi) is 6.02. The van der Waals surface area contributed by atoms with Crippen LogP contribution in [0.5, 0.6) is 5.75 Å². The van der Waals surface area contributed by atoms with Crippen LogP contribution in [0.3, 0.4) is 0 Å². The maximum Gasteiger partial charge on any atom is 0.347 e. The number of benzene rings is 2. The molecule has 1 heterocycles. The second-order valence-electron chi connectivity index (χ2n) is 6.18. The van der Waals surface area contributed by atoms with Crippen molar-refractivity contribution in [2.75, 3.05) is 13.2 Å². The summed E-state index contributed by atoms with van der Waals surface area (Å²) in [6.45, 7) is 1.59. The van der Waals surface area contributed by atoms with Gasteiger partial charge in [0.1, 0.15) is 5.75 Å². The van der Waals surface area contributed by atoms with Gasteiger partial charge in [0.25, 0.3) is 5.91 Å². The molecule has 0 radical (unpaired) electrons. The third-order valence-electron chi connectivity index (χ3n) is 4.16. The molecule has 7 nitrogen and oxygen atoms in total. The molecule has 0 aliphatic carbocycles. The van der Waals surface area contributed by atoms with E-state index >= 15 is 0 Å². The molecule has 0 N–H and O–H groups in total. The van der Waals surface area contributed by atoms with Crippen LogP contribution in [0.2, 0.25) is 0 Å². The molecule has 1 atom stereocenters. The normalized spacial score (nSPS) is 14.0. The summed E-state index contributed by atoms with van der Waals surface area (Å²) in [5.41, 5.74) is 2.30. The van der Waals surface area contributed by atoms with Gasteiger partial charge in [-0.2, -0.15) is 10.4 Å². The Hall–Kier alpha value is -3.66. The van der Waals surface area contributed by atoms with E-state index in [2.05, 4.69) is 5.10 Å². The fourth-order valence-electron chi connectivity index (χ4n) is 2.66. The van der Waals surface area contributed by atoms with Crippen molar-refractivity contribution in [1.29, 1.82) is 5.26 Å². The number of esters is 1. The first-order chi connectivity index (χ1) is 13.6.